The third kappa shape index (κ3) is 3.94. The number of anilines is 1. The summed E-state index contributed by atoms with van der Waals surface area (Å²) in [6.45, 7) is 1.78. The number of benzene rings is 1. The minimum atomic E-state index is -0.322. The fraction of sp³-hybridized carbons (Fsp3) is 0.381. The van der Waals surface area contributed by atoms with Gasteiger partial charge in [-0.25, -0.2) is 0 Å². The third-order valence-corrected chi connectivity index (χ3v) is 6.07. The van der Waals surface area contributed by atoms with Gasteiger partial charge in [0, 0.05) is 31.7 Å². The molecule has 7 heteroatoms. The van der Waals surface area contributed by atoms with Crippen LogP contribution in [-0.4, -0.2) is 42.3 Å². The highest BCUT2D eigenvalue weighted by Gasteiger charge is 2.30. The van der Waals surface area contributed by atoms with E-state index in [-0.39, 0.29) is 23.7 Å². The number of rotatable bonds is 4. The molecular weight excluding hydrogens is 376 g/mol. The normalized spacial score (nSPS) is 19.7. The molecule has 2 amide bonds. The second kappa shape index (κ2) is 8.14. The first kappa shape index (κ1) is 18.7. The number of ether oxygens (including phenoxy) is 1. The lowest BCUT2D eigenvalue weighted by Crippen LogP contribution is -2.43. The molecule has 2 aromatic rings. The van der Waals surface area contributed by atoms with E-state index < -0.39 is 0 Å². The Balaban J connectivity index is 1.36. The molecule has 1 aromatic carbocycles. The van der Waals surface area contributed by atoms with E-state index in [4.69, 9.17) is 4.74 Å². The van der Waals surface area contributed by atoms with Gasteiger partial charge < -0.3 is 14.5 Å². The topological polar surface area (TPSA) is 66.9 Å². The summed E-state index contributed by atoms with van der Waals surface area (Å²) in [4.78, 5) is 41.1. The van der Waals surface area contributed by atoms with Crippen molar-refractivity contribution < 1.29 is 19.1 Å². The van der Waals surface area contributed by atoms with Gasteiger partial charge in [-0.1, -0.05) is 6.07 Å². The molecule has 28 heavy (non-hydrogen) atoms. The van der Waals surface area contributed by atoms with E-state index in [1.165, 1.54) is 11.3 Å². The maximum Gasteiger partial charge on any atom is 0.316 e. The molecule has 0 bridgehead atoms. The smallest absolute Gasteiger partial charge is 0.316 e. The van der Waals surface area contributed by atoms with Gasteiger partial charge in [0.2, 0.25) is 5.91 Å². The number of carbonyl (C=O) groups excluding carboxylic acids is 3. The van der Waals surface area contributed by atoms with E-state index in [1.807, 2.05) is 17.5 Å². The first-order valence-electron chi connectivity index (χ1n) is 9.57. The maximum absolute atomic E-state index is 12.6. The van der Waals surface area contributed by atoms with Crippen molar-refractivity contribution in [2.45, 2.75) is 25.7 Å². The fourth-order valence-electron chi connectivity index (χ4n) is 3.72. The number of hydrogen-bond donors (Lipinski definition) is 0. The molecule has 0 N–H and O–H groups in total. The van der Waals surface area contributed by atoms with Gasteiger partial charge in [0.05, 0.1) is 10.8 Å². The molecule has 0 spiro atoms. The lowest BCUT2D eigenvalue weighted by Gasteiger charge is -2.31. The summed E-state index contributed by atoms with van der Waals surface area (Å²) in [7, 11) is 0. The van der Waals surface area contributed by atoms with Crippen molar-refractivity contribution in [2.24, 2.45) is 5.92 Å². The van der Waals surface area contributed by atoms with Crippen LogP contribution in [0.25, 0.3) is 0 Å². The van der Waals surface area contributed by atoms with E-state index in [9.17, 15) is 14.4 Å². The van der Waals surface area contributed by atoms with Gasteiger partial charge in [0.1, 0.15) is 5.75 Å². The standard InChI is InChI=1S/C21H22N2O4S/c24-19-6-2-12-23(19)16-7-9-17(10-8-16)27-21(26)15-4-1-11-22(14-15)20(25)18-5-3-13-28-18/h3,5,7-10,13,15H,1-2,4,6,11-12,14H2. The number of hydrogen-bond acceptors (Lipinski definition) is 5. The Labute approximate surface area is 167 Å². The highest BCUT2D eigenvalue weighted by Crippen LogP contribution is 2.26. The van der Waals surface area contributed by atoms with Crippen molar-refractivity contribution in [3.05, 3.63) is 46.7 Å². The molecule has 2 saturated heterocycles. The molecule has 146 valence electrons. The SMILES string of the molecule is O=C(Oc1ccc(N2CCCC2=O)cc1)C1CCCN(C(=O)c2cccs2)C1. The summed E-state index contributed by atoms with van der Waals surface area (Å²) in [5.41, 5.74) is 0.827. The monoisotopic (exact) mass is 398 g/mol. The van der Waals surface area contributed by atoms with Crippen molar-refractivity contribution in [1.29, 1.82) is 0 Å². The zero-order chi connectivity index (χ0) is 19.5. The number of amides is 2. The zero-order valence-corrected chi connectivity index (χ0v) is 16.3. The van der Waals surface area contributed by atoms with Gasteiger partial charge >= 0.3 is 5.97 Å². The number of esters is 1. The Morgan fingerprint density at radius 2 is 1.89 bits per heavy atom. The Hall–Kier alpha value is -2.67. The second-order valence-electron chi connectivity index (χ2n) is 7.13. The van der Waals surface area contributed by atoms with Crippen LogP contribution < -0.4 is 9.64 Å². The third-order valence-electron chi connectivity index (χ3n) is 5.21. The summed E-state index contributed by atoms with van der Waals surface area (Å²) < 4.78 is 5.54. The molecule has 1 atom stereocenters. The van der Waals surface area contributed by atoms with Gasteiger partial charge in [-0.05, 0) is 55.0 Å². The summed E-state index contributed by atoms with van der Waals surface area (Å²) in [5, 5.41) is 1.88. The molecule has 0 saturated carbocycles. The first-order valence-corrected chi connectivity index (χ1v) is 10.4. The van der Waals surface area contributed by atoms with Gasteiger partial charge in [0.15, 0.2) is 0 Å². The molecule has 1 unspecified atom stereocenters. The predicted molar refractivity (Wildman–Crippen MR) is 107 cm³/mol. The Kier molecular flexibility index (Phi) is 5.43. The lowest BCUT2D eigenvalue weighted by molar-refractivity contribution is -0.140. The van der Waals surface area contributed by atoms with E-state index in [0.29, 0.717) is 36.6 Å². The van der Waals surface area contributed by atoms with E-state index >= 15 is 0 Å². The Bertz CT molecular complexity index is 863. The number of thiophene rings is 1. The molecule has 4 rings (SSSR count). The molecule has 2 fully saturated rings. The van der Waals surface area contributed by atoms with Gasteiger partial charge in [0.25, 0.3) is 5.91 Å². The summed E-state index contributed by atoms with van der Waals surface area (Å²) >= 11 is 1.41. The lowest BCUT2D eigenvalue weighted by atomic mass is 9.98. The van der Waals surface area contributed by atoms with Crippen molar-refractivity contribution in [3.8, 4) is 5.75 Å². The van der Waals surface area contributed by atoms with Crippen LogP contribution in [0.5, 0.6) is 5.75 Å². The Morgan fingerprint density at radius 1 is 1.07 bits per heavy atom. The zero-order valence-electron chi connectivity index (χ0n) is 15.5. The van der Waals surface area contributed by atoms with Crippen molar-refractivity contribution in [1.82, 2.24) is 4.90 Å². The van der Waals surface area contributed by atoms with Crippen molar-refractivity contribution in [3.63, 3.8) is 0 Å². The van der Waals surface area contributed by atoms with Gasteiger partial charge in [-0.15, -0.1) is 11.3 Å². The van der Waals surface area contributed by atoms with Crippen LogP contribution in [0.4, 0.5) is 5.69 Å². The molecule has 0 radical (unpaired) electrons. The van der Waals surface area contributed by atoms with E-state index in [0.717, 1.165) is 25.1 Å². The highest BCUT2D eigenvalue weighted by atomic mass is 32.1. The largest absolute Gasteiger partial charge is 0.426 e. The van der Waals surface area contributed by atoms with Crippen LogP contribution in [0, 0.1) is 5.92 Å². The van der Waals surface area contributed by atoms with Crippen LogP contribution in [0.15, 0.2) is 41.8 Å². The maximum atomic E-state index is 12.6. The van der Waals surface area contributed by atoms with Crippen LogP contribution in [0.3, 0.4) is 0 Å². The predicted octanol–water partition coefficient (Wildman–Crippen LogP) is 3.33. The summed E-state index contributed by atoms with van der Waals surface area (Å²) in [5.74, 6) is -0.0668. The van der Waals surface area contributed by atoms with E-state index in [2.05, 4.69) is 0 Å². The summed E-state index contributed by atoms with van der Waals surface area (Å²) in [6, 6.07) is 10.7. The first-order chi connectivity index (χ1) is 13.6. The minimum Gasteiger partial charge on any atom is -0.426 e. The highest BCUT2D eigenvalue weighted by molar-refractivity contribution is 7.12. The molecular formula is C21H22N2O4S. The van der Waals surface area contributed by atoms with Crippen molar-refractivity contribution in [2.75, 3.05) is 24.5 Å². The molecule has 2 aliphatic rings. The van der Waals surface area contributed by atoms with Crippen LogP contribution in [0.2, 0.25) is 0 Å². The number of likely N-dealkylation sites (tertiary alicyclic amines) is 1. The fourth-order valence-corrected chi connectivity index (χ4v) is 4.42. The Morgan fingerprint density at radius 3 is 2.57 bits per heavy atom. The molecule has 3 heterocycles. The minimum absolute atomic E-state index is 0.0212. The number of nitrogens with zero attached hydrogens (tertiary/aromatic N) is 2. The summed E-state index contributed by atoms with van der Waals surface area (Å²) in [6.07, 6.45) is 2.96. The van der Waals surface area contributed by atoms with Crippen LogP contribution in [-0.2, 0) is 9.59 Å². The average Bonchev–Trinajstić information content (AvgIpc) is 3.40. The molecule has 1 aromatic heterocycles. The van der Waals surface area contributed by atoms with Crippen LogP contribution in [0.1, 0.15) is 35.4 Å². The second-order valence-corrected chi connectivity index (χ2v) is 8.08. The number of piperidine rings is 1. The van der Waals surface area contributed by atoms with Gasteiger partial charge in [-0.3, -0.25) is 14.4 Å². The average molecular weight is 398 g/mol. The van der Waals surface area contributed by atoms with Gasteiger partial charge in [-0.2, -0.15) is 0 Å². The molecule has 2 aliphatic heterocycles. The van der Waals surface area contributed by atoms with Crippen LogP contribution >= 0.6 is 11.3 Å². The number of carbonyl (C=O) groups is 3. The quantitative estimate of drug-likeness (QED) is 0.585. The molecule has 6 nitrogen and oxygen atoms in total. The molecule has 0 aliphatic carbocycles. The van der Waals surface area contributed by atoms with E-state index in [1.54, 1.807) is 34.1 Å². The van der Waals surface area contributed by atoms with Crippen molar-refractivity contribution >= 4 is 34.8 Å².